The highest BCUT2D eigenvalue weighted by Crippen LogP contribution is 2.27. The van der Waals surface area contributed by atoms with Crippen LogP contribution < -0.4 is 10.6 Å². The van der Waals surface area contributed by atoms with Crippen LogP contribution in [0.2, 0.25) is 0 Å². The highest BCUT2D eigenvalue weighted by Gasteiger charge is 2.05. The van der Waals surface area contributed by atoms with Crippen molar-refractivity contribution >= 4 is 27.3 Å². The minimum Gasteiger partial charge on any atom is -0.315 e. The Labute approximate surface area is 117 Å². The summed E-state index contributed by atoms with van der Waals surface area (Å²) in [5.74, 6) is 0.720. The first-order valence-corrected chi connectivity index (χ1v) is 7.79. The van der Waals surface area contributed by atoms with E-state index in [4.69, 9.17) is 0 Å². The highest BCUT2D eigenvalue weighted by molar-refractivity contribution is 9.11. The van der Waals surface area contributed by atoms with Gasteiger partial charge in [0.25, 0.3) is 0 Å². The molecule has 0 amide bonds. The molecular weight excluding hydrogens is 296 g/mol. The first kappa shape index (κ1) is 15.2. The van der Waals surface area contributed by atoms with Crippen molar-refractivity contribution in [3.63, 3.8) is 0 Å². The second kappa shape index (κ2) is 7.52. The van der Waals surface area contributed by atoms with E-state index >= 15 is 0 Å². The summed E-state index contributed by atoms with van der Waals surface area (Å²) in [5, 5.41) is 7.01. The number of nitrogens with one attached hydrogen (secondary N) is 2. The molecule has 0 aliphatic carbocycles. The highest BCUT2D eigenvalue weighted by atomic mass is 79.9. The van der Waals surface area contributed by atoms with Crippen LogP contribution in [-0.4, -0.2) is 19.1 Å². The SMILES string of the molecule is Cc1cc(CNC(C)CNCC(C)C)sc1Br. The molecule has 0 bridgehead atoms. The van der Waals surface area contributed by atoms with Crippen molar-refractivity contribution in [3.8, 4) is 0 Å². The zero-order chi connectivity index (χ0) is 12.8. The van der Waals surface area contributed by atoms with Crippen LogP contribution in [0.1, 0.15) is 31.2 Å². The van der Waals surface area contributed by atoms with E-state index in [9.17, 15) is 0 Å². The number of hydrogen-bond acceptors (Lipinski definition) is 3. The van der Waals surface area contributed by atoms with Gasteiger partial charge in [-0.15, -0.1) is 11.3 Å². The molecule has 0 spiro atoms. The fourth-order valence-electron chi connectivity index (χ4n) is 1.55. The van der Waals surface area contributed by atoms with Gasteiger partial charge >= 0.3 is 0 Å². The largest absolute Gasteiger partial charge is 0.315 e. The van der Waals surface area contributed by atoms with E-state index in [0.29, 0.717) is 6.04 Å². The maximum absolute atomic E-state index is 3.56. The fourth-order valence-corrected chi connectivity index (χ4v) is 3.13. The number of halogens is 1. The standard InChI is InChI=1S/C13H23BrN2S/c1-9(2)6-15-7-11(4)16-8-12-5-10(3)13(14)17-12/h5,9,11,15-16H,6-8H2,1-4H3. The van der Waals surface area contributed by atoms with Gasteiger partial charge in [0.05, 0.1) is 3.79 Å². The molecule has 0 saturated heterocycles. The monoisotopic (exact) mass is 318 g/mol. The van der Waals surface area contributed by atoms with Crippen molar-refractivity contribution < 1.29 is 0 Å². The van der Waals surface area contributed by atoms with Crippen molar-refractivity contribution in [2.45, 2.75) is 40.3 Å². The summed E-state index contributed by atoms with van der Waals surface area (Å²) in [7, 11) is 0. The lowest BCUT2D eigenvalue weighted by Gasteiger charge is -2.15. The average Bonchev–Trinajstić information content (AvgIpc) is 2.55. The Morgan fingerprint density at radius 1 is 1.29 bits per heavy atom. The van der Waals surface area contributed by atoms with Crippen molar-refractivity contribution in [1.29, 1.82) is 0 Å². The van der Waals surface area contributed by atoms with Crippen molar-refractivity contribution in [2.24, 2.45) is 5.92 Å². The van der Waals surface area contributed by atoms with E-state index < -0.39 is 0 Å². The van der Waals surface area contributed by atoms with Crippen LogP contribution in [0.25, 0.3) is 0 Å². The number of hydrogen-bond donors (Lipinski definition) is 2. The molecule has 17 heavy (non-hydrogen) atoms. The lowest BCUT2D eigenvalue weighted by molar-refractivity contribution is 0.473. The topological polar surface area (TPSA) is 24.1 Å². The lowest BCUT2D eigenvalue weighted by atomic mass is 10.2. The molecule has 0 aliphatic rings. The number of rotatable bonds is 7. The van der Waals surface area contributed by atoms with Gasteiger partial charge in [0.2, 0.25) is 0 Å². The predicted octanol–water partition coefficient (Wildman–Crippen LogP) is 3.54. The van der Waals surface area contributed by atoms with E-state index in [1.807, 2.05) is 11.3 Å². The smallest absolute Gasteiger partial charge is 0.0730 e. The zero-order valence-corrected chi connectivity index (χ0v) is 13.5. The minimum atomic E-state index is 0.509. The Morgan fingerprint density at radius 3 is 2.53 bits per heavy atom. The van der Waals surface area contributed by atoms with Gasteiger partial charge in [-0.3, -0.25) is 0 Å². The fraction of sp³-hybridized carbons (Fsp3) is 0.692. The van der Waals surface area contributed by atoms with Crippen LogP contribution in [0.15, 0.2) is 9.85 Å². The molecule has 1 aromatic rings. The average molecular weight is 319 g/mol. The lowest BCUT2D eigenvalue weighted by Crippen LogP contribution is -2.37. The van der Waals surface area contributed by atoms with Crippen LogP contribution in [0.5, 0.6) is 0 Å². The Hall–Kier alpha value is 0.100. The summed E-state index contributed by atoms with van der Waals surface area (Å²) >= 11 is 5.38. The normalized spacial score (nSPS) is 13.3. The molecule has 1 aromatic heterocycles. The van der Waals surface area contributed by atoms with Crippen molar-refractivity contribution in [1.82, 2.24) is 10.6 Å². The first-order chi connectivity index (χ1) is 7.99. The van der Waals surface area contributed by atoms with Crippen LogP contribution >= 0.6 is 27.3 Å². The second-order valence-electron chi connectivity index (χ2n) is 5.00. The van der Waals surface area contributed by atoms with Gasteiger partial charge in [-0.1, -0.05) is 13.8 Å². The molecule has 2 N–H and O–H groups in total. The summed E-state index contributed by atoms with van der Waals surface area (Å²) in [6.07, 6.45) is 0. The summed E-state index contributed by atoms with van der Waals surface area (Å²) in [4.78, 5) is 1.39. The van der Waals surface area contributed by atoms with E-state index in [1.165, 1.54) is 14.2 Å². The summed E-state index contributed by atoms with van der Waals surface area (Å²) in [6, 6.07) is 2.76. The maximum atomic E-state index is 3.56. The first-order valence-electron chi connectivity index (χ1n) is 6.18. The molecule has 2 nitrogen and oxygen atoms in total. The summed E-state index contributed by atoms with van der Waals surface area (Å²) in [6.45, 7) is 11.9. The van der Waals surface area contributed by atoms with Gasteiger partial charge in [0.1, 0.15) is 0 Å². The van der Waals surface area contributed by atoms with Crippen LogP contribution in [0.4, 0.5) is 0 Å². The van der Waals surface area contributed by atoms with Crippen LogP contribution in [0, 0.1) is 12.8 Å². The minimum absolute atomic E-state index is 0.509. The Balaban J connectivity index is 2.21. The van der Waals surface area contributed by atoms with E-state index in [1.54, 1.807) is 0 Å². The van der Waals surface area contributed by atoms with E-state index in [-0.39, 0.29) is 0 Å². The van der Waals surface area contributed by atoms with Gasteiger partial charge in [0, 0.05) is 24.0 Å². The van der Waals surface area contributed by atoms with E-state index in [2.05, 4.69) is 60.3 Å². The molecule has 98 valence electrons. The number of thiophene rings is 1. The quantitative estimate of drug-likeness (QED) is 0.803. The molecule has 1 heterocycles. The Kier molecular flexibility index (Phi) is 6.70. The molecule has 0 saturated carbocycles. The molecule has 4 heteroatoms. The third-order valence-electron chi connectivity index (χ3n) is 2.54. The zero-order valence-electron chi connectivity index (χ0n) is 11.1. The molecule has 0 fully saturated rings. The second-order valence-corrected chi connectivity index (χ2v) is 7.46. The van der Waals surface area contributed by atoms with Gasteiger partial charge < -0.3 is 10.6 Å². The summed E-state index contributed by atoms with van der Waals surface area (Å²) in [5.41, 5.74) is 1.33. The number of aryl methyl sites for hydroxylation is 1. The molecule has 1 unspecified atom stereocenters. The third kappa shape index (κ3) is 6.00. The Morgan fingerprint density at radius 2 is 2.00 bits per heavy atom. The van der Waals surface area contributed by atoms with Crippen molar-refractivity contribution in [2.75, 3.05) is 13.1 Å². The van der Waals surface area contributed by atoms with Gasteiger partial charge in [-0.25, -0.2) is 0 Å². The maximum Gasteiger partial charge on any atom is 0.0730 e. The van der Waals surface area contributed by atoms with Gasteiger partial charge in [-0.05, 0) is 53.9 Å². The molecular formula is C13H23BrN2S. The molecule has 1 rings (SSSR count). The van der Waals surface area contributed by atoms with Gasteiger partial charge in [0.15, 0.2) is 0 Å². The predicted molar refractivity (Wildman–Crippen MR) is 80.8 cm³/mol. The molecule has 1 atom stereocenters. The van der Waals surface area contributed by atoms with Crippen molar-refractivity contribution in [3.05, 3.63) is 20.3 Å². The van der Waals surface area contributed by atoms with Crippen LogP contribution in [-0.2, 0) is 6.54 Å². The third-order valence-corrected chi connectivity index (χ3v) is 4.67. The Bertz CT molecular complexity index is 317. The summed E-state index contributed by atoms with van der Waals surface area (Å²) < 4.78 is 1.25. The van der Waals surface area contributed by atoms with E-state index in [0.717, 1.165) is 25.6 Å². The molecule has 0 radical (unpaired) electrons. The molecule has 0 aliphatic heterocycles. The molecule has 0 aromatic carbocycles. The van der Waals surface area contributed by atoms with Crippen LogP contribution in [0.3, 0.4) is 0 Å². The van der Waals surface area contributed by atoms with Gasteiger partial charge in [-0.2, -0.15) is 0 Å².